The minimum absolute atomic E-state index is 0.119. The summed E-state index contributed by atoms with van der Waals surface area (Å²) in [7, 11) is 1.81. The first-order valence-corrected chi connectivity index (χ1v) is 6.08. The fraction of sp³-hybridized carbons (Fsp3) is 0.462. The van der Waals surface area contributed by atoms with Gasteiger partial charge in [-0.2, -0.15) is 13.2 Å². The molecular weight excluding hydrogens is 273 g/mol. The normalized spacial score (nSPS) is 11.4. The van der Waals surface area contributed by atoms with E-state index in [0.29, 0.717) is 12.2 Å². The number of carbonyl (C=O) groups is 1. The van der Waals surface area contributed by atoms with Crippen LogP contribution in [0.5, 0.6) is 0 Å². The third-order valence-electron chi connectivity index (χ3n) is 2.33. The Kier molecular flexibility index (Phi) is 6.47. The van der Waals surface area contributed by atoms with E-state index in [9.17, 15) is 18.0 Å². The summed E-state index contributed by atoms with van der Waals surface area (Å²) in [4.78, 5) is 11.5. The van der Waals surface area contributed by atoms with Crippen molar-refractivity contribution in [3.05, 3.63) is 29.8 Å². The molecule has 2 N–H and O–H groups in total. The number of rotatable bonds is 7. The second-order valence-electron chi connectivity index (χ2n) is 4.20. The molecule has 1 amide bonds. The fourth-order valence-electron chi connectivity index (χ4n) is 1.54. The predicted molar refractivity (Wildman–Crippen MR) is 69.3 cm³/mol. The Bertz CT molecular complexity index is 436. The SMILES string of the molecule is CNCc1cccc(NC(=O)CCOCC(F)(F)F)c1. The summed E-state index contributed by atoms with van der Waals surface area (Å²) in [6, 6.07) is 7.21. The van der Waals surface area contributed by atoms with Gasteiger partial charge in [0.2, 0.25) is 5.91 Å². The molecule has 0 saturated carbocycles. The molecule has 0 unspecified atom stereocenters. The van der Waals surface area contributed by atoms with E-state index < -0.39 is 12.8 Å². The van der Waals surface area contributed by atoms with E-state index >= 15 is 0 Å². The van der Waals surface area contributed by atoms with Crippen LogP contribution in [0.3, 0.4) is 0 Å². The molecule has 4 nitrogen and oxygen atoms in total. The zero-order valence-corrected chi connectivity index (χ0v) is 11.1. The van der Waals surface area contributed by atoms with Crippen molar-refractivity contribution in [3.8, 4) is 0 Å². The molecule has 112 valence electrons. The van der Waals surface area contributed by atoms with E-state index in [-0.39, 0.29) is 18.9 Å². The lowest BCUT2D eigenvalue weighted by atomic mass is 10.2. The number of carbonyl (C=O) groups excluding carboxylic acids is 1. The minimum Gasteiger partial charge on any atom is -0.372 e. The van der Waals surface area contributed by atoms with Gasteiger partial charge in [-0.05, 0) is 24.7 Å². The molecule has 0 radical (unpaired) electrons. The van der Waals surface area contributed by atoms with Crippen LogP contribution in [0.2, 0.25) is 0 Å². The van der Waals surface area contributed by atoms with Crippen molar-refractivity contribution in [1.82, 2.24) is 5.32 Å². The first-order valence-electron chi connectivity index (χ1n) is 6.08. The van der Waals surface area contributed by atoms with Gasteiger partial charge >= 0.3 is 6.18 Å². The maximum absolute atomic E-state index is 11.8. The number of amides is 1. The lowest BCUT2D eigenvalue weighted by Gasteiger charge is -2.09. The Labute approximate surface area is 115 Å². The highest BCUT2D eigenvalue weighted by molar-refractivity contribution is 5.90. The van der Waals surface area contributed by atoms with Crippen molar-refractivity contribution in [3.63, 3.8) is 0 Å². The summed E-state index contributed by atoms with van der Waals surface area (Å²) in [6.45, 7) is -0.933. The predicted octanol–water partition coefficient (Wildman–Crippen LogP) is 2.31. The molecule has 0 fully saturated rings. The van der Waals surface area contributed by atoms with Gasteiger partial charge in [0.05, 0.1) is 13.0 Å². The van der Waals surface area contributed by atoms with E-state index in [1.165, 1.54) is 0 Å². The Hall–Kier alpha value is -1.60. The van der Waals surface area contributed by atoms with E-state index in [1.807, 2.05) is 13.1 Å². The van der Waals surface area contributed by atoms with Crippen LogP contribution in [0.4, 0.5) is 18.9 Å². The van der Waals surface area contributed by atoms with E-state index in [2.05, 4.69) is 15.4 Å². The summed E-state index contributed by atoms with van der Waals surface area (Å²) in [6.07, 6.45) is -4.48. The van der Waals surface area contributed by atoms with Crippen molar-refractivity contribution >= 4 is 11.6 Å². The van der Waals surface area contributed by atoms with Gasteiger partial charge in [-0.25, -0.2) is 0 Å². The third-order valence-corrected chi connectivity index (χ3v) is 2.33. The maximum atomic E-state index is 11.8. The van der Waals surface area contributed by atoms with Gasteiger partial charge in [-0.1, -0.05) is 12.1 Å². The standard InChI is InChI=1S/C13H17F3N2O2/c1-17-8-10-3-2-4-11(7-10)18-12(19)5-6-20-9-13(14,15)16/h2-4,7,17H,5-6,8-9H2,1H3,(H,18,19). The van der Waals surface area contributed by atoms with Crippen LogP contribution < -0.4 is 10.6 Å². The van der Waals surface area contributed by atoms with Crippen molar-refractivity contribution < 1.29 is 22.7 Å². The van der Waals surface area contributed by atoms with Gasteiger partial charge < -0.3 is 15.4 Å². The van der Waals surface area contributed by atoms with Gasteiger partial charge in [0.15, 0.2) is 0 Å². The number of hydrogen-bond donors (Lipinski definition) is 2. The molecule has 0 heterocycles. The van der Waals surface area contributed by atoms with Gasteiger partial charge in [0.25, 0.3) is 0 Å². The van der Waals surface area contributed by atoms with Crippen LogP contribution in [0.15, 0.2) is 24.3 Å². The van der Waals surface area contributed by atoms with Crippen LogP contribution in [0.25, 0.3) is 0 Å². The molecule has 0 aliphatic heterocycles. The van der Waals surface area contributed by atoms with Gasteiger partial charge in [0, 0.05) is 12.2 Å². The summed E-state index contributed by atoms with van der Waals surface area (Å²) < 4.78 is 39.8. The largest absolute Gasteiger partial charge is 0.411 e. The average molecular weight is 290 g/mol. The second-order valence-corrected chi connectivity index (χ2v) is 4.20. The molecule has 0 aromatic heterocycles. The number of halogens is 3. The molecule has 1 aromatic rings. The molecular formula is C13H17F3N2O2. The Morgan fingerprint density at radius 3 is 2.75 bits per heavy atom. The third kappa shape index (κ3) is 7.10. The highest BCUT2D eigenvalue weighted by Crippen LogP contribution is 2.14. The Morgan fingerprint density at radius 1 is 1.35 bits per heavy atom. The number of ether oxygens (including phenoxy) is 1. The fourth-order valence-corrected chi connectivity index (χ4v) is 1.54. The molecule has 0 aliphatic carbocycles. The molecule has 0 bridgehead atoms. The van der Waals surface area contributed by atoms with Gasteiger partial charge in [0.1, 0.15) is 6.61 Å². The molecule has 0 spiro atoms. The second kappa shape index (κ2) is 7.86. The number of alkyl halides is 3. The number of nitrogens with one attached hydrogen (secondary N) is 2. The molecule has 1 aromatic carbocycles. The first kappa shape index (κ1) is 16.5. The molecule has 20 heavy (non-hydrogen) atoms. The van der Waals surface area contributed by atoms with Crippen LogP contribution >= 0.6 is 0 Å². The van der Waals surface area contributed by atoms with Crippen molar-refractivity contribution in [2.24, 2.45) is 0 Å². The molecule has 0 aliphatic rings. The lowest BCUT2D eigenvalue weighted by Crippen LogP contribution is -2.20. The minimum atomic E-state index is -4.36. The van der Waals surface area contributed by atoms with Gasteiger partial charge in [-0.3, -0.25) is 4.79 Å². The van der Waals surface area contributed by atoms with Crippen LogP contribution in [0, 0.1) is 0 Å². The van der Waals surface area contributed by atoms with E-state index in [1.54, 1.807) is 18.2 Å². The zero-order chi connectivity index (χ0) is 15.0. The van der Waals surface area contributed by atoms with Gasteiger partial charge in [-0.15, -0.1) is 0 Å². The highest BCUT2D eigenvalue weighted by atomic mass is 19.4. The average Bonchev–Trinajstić information content (AvgIpc) is 2.34. The van der Waals surface area contributed by atoms with E-state index in [4.69, 9.17) is 0 Å². The summed E-state index contributed by atoms with van der Waals surface area (Å²) in [5, 5.41) is 5.59. The molecule has 7 heteroatoms. The van der Waals surface area contributed by atoms with Crippen molar-refractivity contribution in [1.29, 1.82) is 0 Å². The quantitative estimate of drug-likeness (QED) is 0.758. The number of anilines is 1. The van der Waals surface area contributed by atoms with E-state index in [0.717, 1.165) is 5.56 Å². The van der Waals surface area contributed by atoms with Crippen molar-refractivity contribution in [2.75, 3.05) is 25.6 Å². The molecule has 0 atom stereocenters. The number of benzene rings is 1. The zero-order valence-electron chi connectivity index (χ0n) is 11.1. The van der Waals surface area contributed by atoms with Crippen LogP contribution in [-0.4, -0.2) is 32.3 Å². The smallest absolute Gasteiger partial charge is 0.372 e. The number of hydrogen-bond acceptors (Lipinski definition) is 3. The summed E-state index contributed by atoms with van der Waals surface area (Å²) in [5.74, 6) is -0.381. The summed E-state index contributed by atoms with van der Waals surface area (Å²) >= 11 is 0. The Balaban J connectivity index is 2.33. The maximum Gasteiger partial charge on any atom is 0.411 e. The highest BCUT2D eigenvalue weighted by Gasteiger charge is 2.27. The lowest BCUT2D eigenvalue weighted by molar-refractivity contribution is -0.174. The summed E-state index contributed by atoms with van der Waals surface area (Å²) in [5.41, 5.74) is 1.61. The van der Waals surface area contributed by atoms with Crippen molar-refractivity contribution in [2.45, 2.75) is 19.1 Å². The molecule has 1 rings (SSSR count). The Morgan fingerprint density at radius 2 is 2.10 bits per heavy atom. The van der Waals surface area contributed by atoms with Crippen LogP contribution in [-0.2, 0) is 16.1 Å². The monoisotopic (exact) mass is 290 g/mol. The van der Waals surface area contributed by atoms with Crippen LogP contribution in [0.1, 0.15) is 12.0 Å². The molecule has 0 saturated heterocycles. The topological polar surface area (TPSA) is 50.4 Å². The first-order chi connectivity index (χ1) is 9.40.